The molecule has 3 rings (SSSR count). The van der Waals surface area contributed by atoms with Crippen molar-refractivity contribution in [2.75, 3.05) is 6.61 Å². The molecule has 0 aromatic heterocycles. The summed E-state index contributed by atoms with van der Waals surface area (Å²) in [4.78, 5) is 26.8. The standard InChI is InChI=1S/C19H22F2N2O3/c1-3-26-18(24)15-11(2)23(12-7-4-5-8-12)19(25)22-17(15)16-13(20)9-6-10-14(16)21/h6,9-10,12,17H,3-5,7-8H2,1-2H3,(H,22,25)/t17-/m0/s1. The minimum absolute atomic E-state index is 0.0224. The fraction of sp³-hybridized carbons (Fsp3) is 0.474. The SMILES string of the molecule is CCOC(=O)C1=C(C)N(C2CCCC2)C(=O)N[C@@H]1c1c(F)cccc1F. The van der Waals surface area contributed by atoms with Gasteiger partial charge in [-0.05, 0) is 38.8 Å². The van der Waals surface area contributed by atoms with Gasteiger partial charge < -0.3 is 10.1 Å². The van der Waals surface area contributed by atoms with Gasteiger partial charge in [0.1, 0.15) is 11.6 Å². The summed E-state index contributed by atoms with van der Waals surface area (Å²) in [7, 11) is 0. The smallest absolute Gasteiger partial charge is 0.338 e. The van der Waals surface area contributed by atoms with Crippen molar-refractivity contribution in [3.8, 4) is 0 Å². The van der Waals surface area contributed by atoms with Crippen LogP contribution in [0, 0.1) is 11.6 Å². The van der Waals surface area contributed by atoms with E-state index in [1.807, 2.05) is 0 Å². The Morgan fingerprint density at radius 2 is 1.88 bits per heavy atom. The number of nitrogens with one attached hydrogen (secondary N) is 1. The number of carbonyl (C=O) groups is 2. The topological polar surface area (TPSA) is 58.6 Å². The van der Waals surface area contributed by atoms with Gasteiger partial charge in [-0.2, -0.15) is 0 Å². The van der Waals surface area contributed by atoms with Gasteiger partial charge in [0.15, 0.2) is 0 Å². The molecular weight excluding hydrogens is 342 g/mol. The van der Waals surface area contributed by atoms with Gasteiger partial charge >= 0.3 is 12.0 Å². The van der Waals surface area contributed by atoms with Gasteiger partial charge in [0, 0.05) is 11.7 Å². The summed E-state index contributed by atoms with van der Waals surface area (Å²) < 4.78 is 33.8. The molecule has 5 nitrogen and oxygen atoms in total. The predicted octanol–water partition coefficient (Wildman–Crippen LogP) is 3.81. The highest BCUT2D eigenvalue weighted by Crippen LogP contribution is 2.37. The van der Waals surface area contributed by atoms with Crippen LogP contribution in [0.15, 0.2) is 29.5 Å². The first-order valence-corrected chi connectivity index (χ1v) is 8.87. The second-order valence-electron chi connectivity index (χ2n) is 6.55. The van der Waals surface area contributed by atoms with Gasteiger partial charge in [-0.25, -0.2) is 18.4 Å². The van der Waals surface area contributed by atoms with Crippen LogP contribution >= 0.6 is 0 Å². The van der Waals surface area contributed by atoms with E-state index in [-0.39, 0.29) is 23.8 Å². The van der Waals surface area contributed by atoms with Crippen molar-refractivity contribution >= 4 is 12.0 Å². The highest BCUT2D eigenvalue weighted by atomic mass is 19.1. The van der Waals surface area contributed by atoms with Gasteiger partial charge in [0.25, 0.3) is 0 Å². The quantitative estimate of drug-likeness (QED) is 0.827. The van der Waals surface area contributed by atoms with Gasteiger partial charge in [0.2, 0.25) is 0 Å². The molecule has 1 N–H and O–H groups in total. The Kier molecular flexibility index (Phi) is 5.25. The number of allylic oxidation sites excluding steroid dienone is 1. The lowest BCUT2D eigenvalue weighted by molar-refractivity contribution is -0.139. The minimum Gasteiger partial charge on any atom is -0.463 e. The van der Waals surface area contributed by atoms with Gasteiger partial charge in [-0.3, -0.25) is 4.90 Å². The maximum Gasteiger partial charge on any atom is 0.338 e. The number of nitrogens with zero attached hydrogens (tertiary/aromatic N) is 1. The number of rotatable bonds is 4. The fourth-order valence-electron chi connectivity index (χ4n) is 3.84. The Morgan fingerprint density at radius 1 is 1.27 bits per heavy atom. The molecule has 1 aliphatic heterocycles. The lowest BCUT2D eigenvalue weighted by atomic mass is 9.93. The van der Waals surface area contributed by atoms with Crippen LogP contribution in [0.1, 0.15) is 51.1 Å². The molecule has 0 radical (unpaired) electrons. The molecule has 1 aromatic rings. The van der Waals surface area contributed by atoms with E-state index in [1.165, 1.54) is 11.0 Å². The molecule has 1 fully saturated rings. The number of benzene rings is 1. The molecule has 1 atom stereocenters. The van der Waals surface area contributed by atoms with Crippen LogP contribution in [-0.2, 0) is 9.53 Å². The molecule has 0 unspecified atom stereocenters. The summed E-state index contributed by atoms with van der Waals surface area (Å²) >= 11 is 0. The van der Waals surface area contributed by atoms with E-state index in [4.69, 9.17) is 4.74 Å². The molecule has 7 heteroatoms. The van der Waals surface area contributed by atoms with Crippen molar-refractivity contribution in [1.82, 2.24) is 10.2 Å². The zero-order valence-corrected chi connectivity index (χ0v) is 14.9. The van der Waals surface area contributed by atoms with Crippen LogP contribution < -0.4 is 5.32 Å². The zero-order valence-electron chi connectivity index (χ0n) is 14.9. The normalized spacial score (nSPS) is 21.2. The Hall–Kier alpha value is -2.44. The van der Waals surface area contributed by atoms with Crippen LogP contribution in [0.25, 0.3) is 0 Å². The summed E-state index contributed by atoms with van der Waals surface area (Å²) in [5.74, 6) is -2.32. The van der Waals surface area contributed by atoms with Crippen molar-refractivity contribution in [1.29, 1.82) is 0 Å². The molecule has 26 heavy (non-hydrogen) atoms. The zero-order chi connectivity index (χ0) is 18.8. The molecule has 1 heterocycles. The third kappa shape index (κ3) is 3.18. The Balaban J connectivity index is 2.12. The number of ether oxygens (including phenoxy) is 1. The van der Waals surface area contributed by atoms with E-state index < -0.39 is 29.7 Å². The number of hydrogen-bond acceptors (Lipinski definition) is 3. The van der Waals surface area contributed by atoms with E-state index in [1.54, 1.807) is 13.8 Å². The van der Waals surface area contributed by atoms with E-state index in [2.05, 4.69) is 5.32 Å². The maximum atomic E-state index is 14.3. The molecule has 0 saturated heterocycles. The van der Waals surface area contributed by atoms with Crippen molar-refractivity contribution in [3.63, 3.8) is 0 Å². The molecular formula is C19H22F2N2O3. The Labute approximate surface area is 151 Å². The third-order valence-electron chi connectivity index (χ3n) is 5.00. The molecule has 0 spiro atoms. The molecule has 1 aliphatic carbocycles. The summed E-state index contributed by atoms with van der Waals surface area (Å²) in [5.41, 5.74) is 0.114. The largest absolute Gasteiger partial charge is 0.463 e. The second-order valence-corrected chi connectivity index (χ2v) is 6.55. The first-order valence-electron chi connectivity index (χ1n) is 8.87. The van der Waals surface area contributed by atoms with E-state index in [0.717, 1.165) is 37.8 Å². The van der Waals surface area contributed by atoms with Gasteiger partial charge in [-0.15, -0.1) is 0 Å². The summed E-state index contributed by atoms with van der Waals surface area (Å²) in [5, 5.41) is 2.61. The van der Waals surface area contributed by atoms with E-state index >= 15 is 0 Å². The molecule has 1 aromatic carbocycles. The average molecular weight is 364 g/mol. The lowest BCUT2D eigenvalue weighted by Crippen LogP contribution is -2.51. The first-order chi connectivity index (χ1) is 12.5. The van der Waals surface area contributed by atoms with Crippen LogP contribution in [-0.4, -0.2) is 29.5 Å². The number of amides is 2. The number of esters is 1. The minimum atomic E-state index is -1.22. The summed E-state index contributed by atoms with van der Waals surface area (Å²) in [6.45, 7) is 3.41. The number of hydrogen-bond donors (Lipinski definition) is 1. The van der Waals surface area contributed by atoms with Crippen LogP contribution in [0.3, 0.4) is 0 Å². The molecule has 2 amide bonds. The van der Waals surface area contributed by atoms with E-state index in [0.29, 0.717) is 5.70 Å². The highest BCUT2D eigenvalue weighted by Gasteiger charge is 2.41. The van der Waals surface area contributed by atoms with Crippen LogP contribution in [0.5, 0.6) is 0 Å². The van der Waals surface area contributed by atoms with Crippen LogP contribution in [0.2, 0.25) is 0 Å². The van der Waals surface area contributed by atoms with Crippen molar-refractivity contribution in [2.45, 2.75) is 51.6 Å². The van der Waals surface area contributed by atoms with Crippen molar-refractivity contribution < 1.29 is 23.1 Å². The maximum absolute atomic E-state index is 14.3. The highest BCUT2D eigenvalue weighted by molar-refractivity contribution is 5.95. The van der Waals surface area contributed by atoms with Crippen molar-refractivity contribution in [2.24, 2.45) is 0 Å². The Morgan fingerprint density at radius 3 is 2.46 bits per heavy atom. The van der Waals surface area contributed by atoms with Gasteiger partial charge in [0.05, 0.1) is 23.8 Å². The Bertz CT molecular complexity index is 737. The number of urea groups is 1. The van der Waals surface area contributed by atoms with Gasteiger partial charge in [-0.1, -0.05) is 18.9 Å². The lowest BCUT2D eigenvalue weighted by Gasteiger charge is -2.38. The van der Waals surface area contributed by atoms with Crippen LogP contribution in [0.4, 0.5) is 13.6 Å². The predicted molar refractivity (Wildman–Crippen MR) is 91.1 cm³/mol. The molecule has 0 bridgehead atoms. The first kappa shape index (κ1) is 18.4. The number of halogens is 2. The fourth-order valence-corrected chi connectivity index (χ4v) is 3.84. The van der Waals surface area contributed by atoms with E-state index in [9.17, 15) is 18.4 Å². The summed E-state index contributed by atoms with van der Waals surface area (Å²) in [6, 6.07) is 1.75. The number of carbonyl (C=O) groups excluding carboxylic acids is 2. The second kappa shape index (κ2) is 7.43. The summed E-state index contributed by atoms with van der Waals surface area (Å²) in [6.07, 6.45) is 3.67. The monoisotopic (exact) mass is 364 g/mol. The third-order valence-corrected chi connectivity index (χ3v) is 5.00. The molecule has 1 saturated carbocycles. The molecule has 140 valence electrons. The average Bonchev–Trinajstić information content (AvgIpc) is 3.08. The van der Waals surface area contributed by atoms with Crippen molar-refractivity contribution in [3.05, 3.63) is 46.7 Å². The molecule has 2 aliphatic rings.